The van der Waals surface area contributed by atoms with Gasteiger partial charge in [-0.05, 0) is 13.8 Å². The van der Waals surface area contributed by atoms with Crippen LogP contribution in [0.3, 0.4) is 0 Å². The average Bonchev–Trinajstić information content (AvgIpc) is 2.63. The number of hydrogen-bond acceptors (Lipinski definition) is 7. The van der Waals surface area contributed by atoms with E-state index in [0.29, 0.717) is 0 Å². The van der Waals surface area contributed by atoms with E-state index in [1.165, 1.54) is 21.0 Å². The summed E-state index contributed by atoms with van der Waals surface area (Å²) in [5, 5.41) is 0. The van der Waals surface area contributed by atoms with Gasteiger partial charge in [0.2, 0.25) is 0 Å². The molecule has 2 fully saturated rings. The molecule has 7 nitrogen and oxygen atoms in total. The van der Waals surface area contributed by atoms with Crippen molar-refractivity contribution in [3.63, 3.8) is 0 Å². The molecule has 0 aliphatic carbocycles. The number of hydrogen-bond donors (Lipinski definition) is 0. The highest BCUT2D eigenvalue weighted by Crippen LogP contribution is 2.38. The summed E-state index contributed by atoms with van der Waals surface area (Å²) in [5.41, 5.74) is -5.52. The highest BCUT2D eigenvalue weighted by atomic mass is 32.2. The first kappa shape index (κ1) is 16.9. The lowest BCUT2D eigenvalue weighted by Gasteiger charge is -2.35. The molecule has 0 aromatic carbocycles. The second-order valence-electron chi connectivity index (χ2n) is 5.04. The normalized spacial score (nSPS) is 36.5. The first-order chi connectivity index (χ1) is 9.47. The lowest BCUT2D eigenvalue weighted by atomic mass is 10.1. The molecule has 0 saturated carbocycles. The fraction of sp³-hybridized carbons (Fsp3) is 1.00. The van der Waals surface area contributed by atoms with E-state index in [2.05, 4.69) is 4.18 Å². The number of fused-ring (bicyclic) bond motifs is 1. The number of ether oxygens (including phenoxy) is 4. The third kappa shape index (κ3) is 3.32. The predicted molar refractivity (Wildman–Crippen MR) is 60.4 cm³/mol. The molecule has 0 amide bonds. The Balaban J connectivity index is 2.19. The van der Waals surface area contributed by atoms with E-state index < -0.39 is 52.6 Å². The molecule has 0 bridgehead atoms. The molecule has 2 rings (SSSR count). The summed E-state index contributed by atoms with van der Waals surface area (Å²) in [4.78, 5) is 0. The standard InChI is InChI=1S/C10H15F3O7S/c1-9(2)18-6-5(20-21(14,15)10(11,12)13)4-17-8(16-3)7(6)19-9/h5-8H,4H2,1-3H3/t5-,6+,7+,8-/m1/s1. The summed E-state index contributed by atoms with van der Waals surface area (Å²) < 4.78 is 84.5. The third-order valence-electron chi connectivity index (χ3n) is 2.99. The summed E-state index contributed by atoms with van der Waals surface area (Å²) >= 11 is 0. The van der Waals surface area contributed by atoms with Crippen molar-refractivity contribution in [3.05, 3.63) is 0 Å². The van der Waals surface area contributed by atoms with Crippen LogP contribution in [0.15, 0.2) is 0 Å². The van der Waals surface area contributed by atoms with E-state index in [1.54, 1.807) is 0 Å². The van der Waals surface area contributed by atoms with Gasteiger partial charge in [-0.1, -0.05) is 0 Å². The molecule has 2 aliphatic heterocycles. The maximum Gasteiger partial charge on any atom is 0.523 e. The van der Waals surface area contributed by atoms with Gasteiger partial charge in [-0.2, -0.15) is 21.6 Å². The number of methoxy groups -OCH3 is 1. The molecule has 2 heterocycles. The molecule has 2 aliphatic rings. The zero-order valence-corrected chi connectivity index (χ0v) is 12.2. The quantitative estimate of drug-likeness (QED) is 0.555. The van der Waals surface area contributed by atoms with Gasteiger partial charge >= 0.3 is 15.6 Å². The summed E-state index contributed by atoms with van der Waals surface area (Å²) in [6.07, 6.45) is -4.32. The maximum atomic E-state index is 12.4. The van der Waals surface area contributed by atoms with Gasteiger partial charge in [0.05, 0.1) is 6.61 Å². The SMILES string of the molecule is CO[C@@H]1OC[C@@H](OS(=O)(=O)C(F)(F)F)[C@@H]2OC(C)(C)O[C@H]12. The highest BCUT2D eigenvalue weighted by Gasteiger charge is 2.56. The van der Waals surface area contributed by atoms with Crippen LogP contribution in [0.2, 0.25) is 0 Å². The lowest BCUT2D eigenvalue weighted by Crippen LogP contribution is -2.54. The minimum absolute atomic E-state index is 0.436. The van der Waals surface area contributed by atoms with Crippen molar-refractivity contribution < 1.29 is 44.7 Å². The second-order valence-corrected chi connectivity index (χ2v) is 6.60. The summed E-state index contributed by atoms with van der Waals surface area (Å²) in [6, 6.07) is 0. The Bertz CT molecular complexity index is 489. The Hall–Kier alpha value is -0.460. The molecule has 2 saturated heterocycles. The summed E-state index contributed by atoms with van der Waals surface area (Å²) in [6.45, 7) is 2.63. The highest BCUT2D eigenvalue weighted by molar-refractivity contribution is 7.87. The largest absolute Gasteiger partial charge is 0.523 e. The fourth-order valence-corrected chi connectivity index (χ4v) is 2.80. The Morgan fingerprint density at radius 1 is 1.19 bits per heavy atom. The van der Waals surface area contributed by atoms with E-state index in [4.69, 9.17) is 18.9 Å². The van der Waals surface area contributed by atoms with Crippen LogP contribution in [0, 0.1) is 0 Å². The van der Waals surface area contributed by atoms with Gasteiger partial charge in [0.25, 0.3) is 0 Å². The van der Waals surface area contributed by atoms with Crippen molar-refractivity contribution in [2.45, 2.75) is 49.7 Å². The molecular formula is C10H15F3O7S. The Morgan fingerprint density at radius 3 is 2.29 bits per heavy atom. The van der Waals surface area contributed by atoms with E-state index >= 15 is 0 Å². The molecule has 11 heteroatoms. The second kappa shape index (κ2) is 5.32. The van der Waals surface area contributed by atoms with Crippen LogP contribution in [0.5, 0.6) is 0 Å². The van der Waals surface area contributed by atoms with Gasteiger partial charge in [-0.25, -0.2) is 0 Å². The van der Waals surface area contributed by atoms with Crippen LogP contribution in [0.25, 0.3) is 0 Å². The molecule has 0 radical (unpaired) electrons. The number of halogens is 3. The molecule has 0 N–H and O–H groups in total. The van der Waals surface area contributed by atoms with Gasteiger partial charge in [-0.3, -0.25) is 4.18 Å². The molecule has 0 aromatic rings. The van der Waals surface area contributed by atoms with Crippen molar-refractivity contribution in [2.24, 2.45) is 0 Å². The van der Waals surface area contributed by atoms with Crippen LogP contribution in [0.4, 0.5) is 13.2 Å². The monoisotopic (exact) mass is 336 g/mol. The van der Waals surface area contributed by atoms with Crippen LogP contribution in [0.1, 0.15) is 13.8 Å². The van der Waals surface area contributed by atoms with E-state index in [0.717, 1.165) is 0 Å². The van der Waals surface area contributed by atoms with Crippen LogP contribution >= 0.6 is 0 Å². The van der Waals surface area contributed by atoms with Crippen LogP contribution < -0.4 is 0 Å². The van der Waals surface area contributed by atoms with Gasteiger partial charge in [0.15, 0.2) is 12.1 Å². The van der Waals surface area contributed by atoms with Crippen molar-refractivity contribution in [1.82, 2.24) is 0 Å². The minimum Gasteiger partial charge on any atom is -0.353 e. The molecular weight excluding hydrogens is 321 g/mol. The zero-order valence-electron chi connectivity index (χ0n) is 11.4. The summed E-state index contributed by atoms with van der Waals surface area (Å²) in [7, 11) is -4.43. The Morgan fingerprint density at radius 2 is 1.76 bits per heavy atom. The molecule has 0 unspecified atom stereocenters. The van der Waals surface area contributed by atoms with Crippen molar-refractivity contribution in [3.8, 4) is 0 Å². The first-order valence-electron chi connectivity index (χ1n) is 5.96. The average molecular weight is 336 g/mol. The van der Waals surface area contributed by atoms with Gasteiger partial charge in [0, 0.05) is 7.11 Å². The Kier molecular flexibility index (Phi) is 4.28. The zero-order chi connectivity index (χ0) is 16.1. The smallest absolute Gasteiger partial charge is 0.353 e. The molecule has 124 valence electrons. The van der Waals surface area contributed by atoms with Crippen molar-refractivity contribution in [2.75, 3.05) is 13.7 Å². The van der Waals surface area contributed by atoms with Crippen LogP contribution in [-0.2, 0) is 33.2 Å². The minimum atomic E-state index is -5.75. The van der Waals surface area contributed by atoms with E-state index in [1.807, 2.05) is 0 Å². The Labute approximate surface area is 119 Å². The van der Waals surface area contributed by atoms with Crippen molar-refractivity contribution in [1.29, 1.82) is 0 Å². The predicted octanol–water partition coefficient (Wildman–Crippen LogP) is 0.744. The van der Waals surface area contributed by atoms with Crippen LogP contribution in [-0.4, -0.2) is 58.0 Å². The fourth-order valence-electron chi connectivity index (χ4n) is 2.20. The maximum absolute atomic E-state index is 12.4. The summed E-state index contributed by atoms with van der Waals surface area (Å²) in [5.74, 6) is -1.12. The van der Waals surface area contributed by atoms with Gasteiger partial charge in [0.1, 0.15) is 18.3 Å². The van der Waals surface area contributed by atoms with Crippen molar-refractivity contribution >= 4 is 10.1 Å². The van der Waals surface area contributed by atoms with Gasteiger partial charge < -0.3 is 18.9 Å². The lowest BCUT2D eigenvalue weighted by molar-refractivity contribution is -0.235. The molecule has 0 spiro atoms. The molecule has 21 heavy (non-hydrogen) atoms. The number of rotatable bonds is 3. The van der Waals surface area contributed by atoms with E-state index in [9.17, 15) is 21.6 Å². The molecule has 0 aromatic heterocycles. The van der Waals surface area contributed by atoms with Gasteiger partial charge in [-0.15, -0.1) is 0 Å². The first-order valence-corrected chi connectivity index (χ1v) is 7.37. The number of alkyl halides is 3. The molecule has 4 atom stereocenters. The van der Waals surface area contributed by atoms with E-state index in [-0.39, 0.29) is 0 Å². The topological polar surface area (TPSA) is 80.3 Å². The third-order valence-corrected chi connectivity index (χ3v) is 4.06.